The summed E-state index contributed by atoms with van der Waals surface area (Å²) in [5, 5.41) is 0. The zero-order chi connectivity index (χ0) is 12.6. The highest BCUT2D eigenvalue weighted by atomic mass is 32.1. The lowest BCUT2D eigenvalue weighted by Gasteiger charge is -2.07. The smallest absolute Gasteiger partial charge is 0.166 e. The first-order valence-electron chi connectivity index (χ1n) is 5.12. The highest BCUT2D eigenvalue weighted by Crippen LogP contribution is 2.34. The third kappa shape index (κ3) is 2.52. The molecule has 0 aliphatic rings. The van der Waals surface area contributed by atoms with Crippen LogP contribution in [0.5, 0.6) is 0 Å². The van der Waals surface area contributed by atoms with E-state index in [0.717, 1.165) is 33.0 Å². The molecule has 0 aliphatic heterocycles. The van der Waals surface area contributed by atoms with Crippen LogP contribution in [0.4, 0.5) is 13.2 Å². The summed E-state index contributed by atoms with van der Waals surface area (Å²) < 4.78 is 37.2. The monoisotopic (exact) mass is 256 g/mol. The molecule has 0 unspecified atom stereocenters. The number of aryl methyl sites for hydroxylation is 2. The Bertz CT molecular complexity index is 521. The number of hydrogen-bond acceptors (Lipinski definition) is 1. The molecular weight excluding hydrogens is 245 g/mol. The summed E-state index contributed by atoms with van der Waals surface area (Å²) in [6.07, 6.45) is -4.27. The number of alkyl halides is 3. The van der Waals surface area contributed by atoms with Gasteiger partial charge in [-0.15, -0.1) is 11.3 Å². The van der Waals surface area contributed by atoms with Crippen LogP contribution in [0, 0.1) is 13.8 Å². The van der Waals surface area contributed by atoms with Gasteiger partial charge in [0.25, 0.3) is 0 Å². The van der Waals surface area contributed by atoms with Crippen molar-refractivity contribution in [3.8, 4) is 11.1 Å². The summed E-state index contributed by atoms with van der Waals surface area (Å²) in [5.74, 6) is 0. The van der Waals surface area contributed by atoms with Crippen LogP contribution in [0.15, 0.2) is 30.3 Å². The second kappa shape index (κ2) is 4.18. The van der Waals surface area contributed by atoms with Crippen LogP contribution >= 0.6 is 11.3 Å². The summed E-state index contributed by atoms with van der Waals surface area (Å²) in [4.78, 5) is 2.29. The van der Waals surface area contributed by atoms with Crippen LogP contribution in [0.1, 0.15) is 15.3 Å². The molecule has 2 aromatic rings. The van der Waals surface area contributed by atoms with Gasteiger partial charge < -0.3 is 0 Å². The molecule has 0 amide bonds. The average Bonchev–Trinajstić information content (AvgIpc) is 2.57. The maximum atomic E-state index is 12.4. The van der Waals surface area contributed by atoms with Crippen LogP contribution in [-0.4, -0.2) is 0 Å². The van der Waals surface area contributed by atoms with Crippen molar-refractivity contribution in [2.24, 2.45) is 0 Å². The van der Waals surface area contributed by atoms with Gasteiger partial charge in [-0.1, -0.05) is 12.1 Å². The van der Waals surface area contributed by atoms with Crippen molar-refractivity contribution in [1.29, 1.82) is 0 Å². The Balaban J connectivity index is 2.39. The molecule has 0 saturated carbocycles. The fraction of sp³-hybridized carbons (Fsp3) is 0.231. The Hall–Kier alpha value is -1.29. The maximum Gasteiger partial charge on any atom is 0.416 e. The molecule has 1 heterocycles. The van der Waals surface area contributed by atoms with E-state index in [2.05, 4.69) is 0 Å². The molecule has 17 heavy (non-hydrogen) atoms. The first kappa shape index (κ1) is 12.2. The van der Waals surface area contributed by atoms with E-state index in [4.69, 9.17) is 0 Å². The van der Waals surface area contributed by atoms with E-state index in [1.54, 1.807) is 11.3 Å². The second-order valence-electron chi connectivity index (χ2n) is 3.90. The third-order valence-electron chi connectivity index (χ3n) is 2.56. The number of rotatable bonds is 1. The summed E-state index contributed by atoms with van der Waals surface area (Å²) in [5.41, 5.74) is 1.24. The predicted molar refractivity (Wildman–Crippen MR) is 64.2 cm³/mol. The summed E-state index contributed by atoms with van der Waals surface area (Å²) in [6, 6.07) is 7.31. The fourth-order valence-electron chi connectivity index (χ4n) is 1.76. The minimum absolute atomic E-state index is 0.606. The lowest BCUT2D eigenvalue weighted by atomic mass is 10.0. The Morgan fingerprint density at radius 1 is 1.00 bits per heavy atom. The van der Waals surface area contributed by atoms with Crippen molar-refractivity contribution in [3.05, 3.63) is 45.6 Å². The summed E-state index contributed by atoms with van der Waals surface area (Å²) in [7, 11) is 0. The number of thiophene rings is 1. The van der Waals surface area contributed by atoms with Gasteiger partial charge in [-0.3, -0.25) is 0 Å². The normalized spacial score (nSPS) is 11.8. The minimum Gasteiger partial charge on any atom is -0.166 e. The Labute approximate surface area is 102 Å². The first-order chi connectivity index (χ1) is 7.88. The van der Waals surface area contributed by atoms with Crippen LogP contribution in [0.3, 0.4) is 0 Å². The van der Waals surface area contributed by atoms with Crippen LogP contribution in [-0.2, 0) is 6.18 Å². The van der Waals surface area contributed by atoms with Crippen LogP contribution in [0.25, 0.3) is 11.1 Å². The van der Waals surface area contributed by atoms with Crippen molar-refractivity contribution in [2.75, 3.05) is 0 Å². The Morgan fingerprint density at radius 3 is 2.00 bits per heavy atom. The van der Waals surface area contributed by atoms with Crippen molar-refractivity contribution < 1.29 is 13.2 Å². The van der Waals surface area contributed by atoms with E-state index in [1.165, 1.54) is 12.1 Å². The van der Waals surface area contributed by atoms with Crippen molar-refractivity contribution >= 4 is 11.3 Å². The van der Waals surface area contributed by atoms with E-state index in [0.29, 0.717) is 0 Å². The molecule has 1 aromatic heterocycles. The Morgan fingerprint density at radius 2 is 1.59 bits per heavy atom. The second-order valence-corrected chi connectivity index (χ2v) is 5.36. The molecule has 0 radical (unpaired) electrons. The number of halogens is 3. The summed E-state index contributed by atoms with van der Waals surface area (Å²) in [6.45, 7) is 3.97. The number of benzene rings is 1. The number of hydrogen-bond donors (Lipinski definition) is 0. The Kier molecular flexibility index (Phi) is 3.00. The summed E-state index contributed by atoms with van der Waals surface area (Å²) >= 11 is 1.65. The maximum absolute atomic E-state index is 12.4. The zero-order valence-corrected chi connectivity index (χ0v) is 10.2. The van der Waals surface area contributed by atoms with Gasteiger partial charge in [-0.25, -0.2) is 0 Å². The van der Waals surface area contributed by atoms with Gasteiger partial charge in [0.05, 0.1) is 5.56 Å². The van der Waals surface area contributed by atoms with Crippen LogP contribution < -0.4 is 0 Å². The molecular formula is C13H11F3S. The molecule has 0 N–H and O–H groups in total. The largest absolute Gasteiger partial charge is 0.416 e. The van der Waals surface area contributed by atoms with Gasteiger partial charge in [0, 0.05) is 9.75 Å². The van der Waals surface area contributed by atoms with Crippen LogP contribution in [0.2, 0.25) is 0 Å². The molecule has 0 bridgehead atoms. The highest BCUT2D eigenvalue weighted by molar-refractivity contribution is 7.12. The molecule has 0 spiro atoms. The molecule has 1 aromatic carbocycles. The predicted octanol–water partition coefficient (Wildman–Crippen LogP) is 5.05. The minimum atomic E-state index is -4.27. The van der Waals surface area contributed by atoms with Crippen molar-refractivity contribution in [3.63, 3.8) is 0 Å². The van der Waals surface area contributed by atoms with Gasteiger partial charge in [0.1, 0.15) is 0 Å². The topological polar surface area (TPSA) is 0 Å². The van der Waals surface area contributed by atoms with Crippen molar-refractivity contribution in [1.82, 2.24) is 0 Å². The lowest BCUT2D eigenvalue weighted by molar-refractivity contribution is -0.137. The first-order valence-corrected chi connectivity index (χ1v) is 5.94. The van der Waals surface area contributed by atoms with Gasteiger partial charge in [0.15, 0.2) is 0 Å². The molecule has 0 atom stereocenters. The van der Waals surface area contributed by atoms with E-state index < -0.39 is 11.7 Å². The molecule has 90 valence electrons. The third-order valence-corrected chi connectivity index (χ3v) is 3.53. The average molecular weight is 256 g/mol. The van der Waals surface area contributed by atoms with Gasteiger partial charge in [0.2, 0.25) is 0 Å². The van der Waals surface area contributed by atoms with E-state index in [-0.39, 0.29) is 0 Å². The molecule has 4 heteroatoms. The lowest BCUT2D eigenvalue weighted by Crippen LogP contribution is -2.03. The quantitative estimate of drug-likeness (QED) is 0.669. The van der Waals surface area contributed by atoms with Gasteiger partial charge in [-0.2, -0.15) is 13.2 Å². The molecule has 0 fully saturated rings. The molecule has 0 saturated heterocycles. The molecule has 2 rings (SSSR count). The fourth-order valence-corrected chi connectivity index (χ4v) is 2.70. The molecule has 0 nitrogen and oxygen atoms in total. The van der Waals surface area contributed by atoms with E-state index in [9.17, 15) is 13.2 Å². The standard InChI is InChI=1S/C13H11F3S/c1-8-7-12(9(2)17-8)10-3-5-11(6-4-10)13(14,15)16/h3-7H,1-2H3. The molecule has 0 aliphatic carbocycles. The van der Waals surface area contributed by atoms with Crippen molar-refractivity contribution in [2.45, 2.75) is 20.0 Å². The van der Waals surface area contributed by atoms with Gasteiger partial charge in [-0.05, 0) is 43.2 Å². The SMILES string of the molecule is Cc1cc(-c2ccc(C(F)(F)F)cc2)c(C)s1. The van der Waals surface area contributed by atoms with E-state index >= 15 is 0 Å². The highest BCUT2D eigenvalue weighted by Gasteiger charge is 2.30. The van der Waals surface area contributed by atoms with E-state index in [1.807, 2.05) is 19.9 Å². The van der Waals surface area contributed by atoms with Gasteiger partial charge >= 0.3 is 6.18 Å². The zero-order valence-electron chi connectivity index (χ0n) is 9.43.